The molecule has 0 aromatic carbocycles. The predicted octanol–water partition coefficient (Wildman–Crippen LogP) is 2.51. The lowest BCUT2D eigenvalue weighted by atomic mass is 10.2. The molecule has 0 aliphatic rings. The van der Waals surface area contributed by atoms with Crippen LogP contribution >= 0.6 is 0 Å². The molecule has 1 N–H and O–H groups in total. The Balaban J connectivity index is 2.71. The summed E-state index contributed by atoms with van der Waals surface area (Å²) in [6, 6.07) is 0.154. The molecule has 0 saturated carbocycles. The number of fused-ring (bicyclic) bond motifs is 1. The van der Waals surface area contributed by atoms with E-state index in [0.29, 0.717) is 11.3 Å². The van der Waals surface area contributed by atoms with Gasteiger partial charge in [0.1, 0.15) is 0 Å². The van der Waals surface area contributed by atoms with Gasteiger partial charge in [0.15, 0.2) is 11.3 Å². The monoisotopic (exact) mass is 246 g/mol. The second-order valence-electron chi connectivity index (χ2n) is 4.48. The van der Waals surface area contributed by atoms with Gasteiger partial charge in [0, 0.05) is 6.04 Å². The number of aromatic amines is 1. The van der Waals surface area contributed by atoms with Crippen LogP contribution < -0.4 is 5.69 Å². The molecular weight excluding hydrogens is 228 g/mol. The molecule has 0 radical (unpaired) electrons. The molecule has 2 rings (SSSR count). The molecule has 0 atom stereocenters. The molecule has 0 unspecified atom stereocenters. The highest BCUT2D eigenvalue weighted by molar-refractivity contribution is 5.69. The van der Waals surface area contributed by atoms with Gasteiger partial charge in [-0.1, -0.05) is 20.4 Å². The summed E-state index contributed by atoms with van der Waals surface area (Å²) < 4.78 is 1.70. The van der Waals surface area contributed by atoms with Crippen molar-refractivity contribution in [2.45, 2.75) is 39.7 Å². The van der Waals surface area contributed by atoms with Crippen molar-refractivity contribution in [2.24, 2.45) is 0 Å². The van der Waals surface area contributed by atoms with Gasteiger partial charge >= 0.3 is 5.69 Å². The molecule has 18 heavy (non-hydrogen) atoms. The average Bonchev–Trinajstić information content (AvgIpc) is 2.67. The van der Waals surface area contributed by atoms with Crippen LogP contribution in [0.3, 0.4) is 0 Å². The van der Waals surface area contributed by atoms with Crippen molar-refractivity contribution in [2.75, 3.05) is 0 Å². The zero-order chi connectivity index (χ0) is 13.3. The van der Waals surface area contributed by atoms with Gasteiger partial charge in [0.2, 0.25) is 0 Å². The Hall–Kier alpha value is -1.91. The van der Waals surface area contributed by atoms with Gasteiger partial charge < -0.3 is 0 Å². The number of aromatic nitrogens is 4. The van der Waals surface area contributed by atoms with Crippen LogP contribution in [0, 0.1) is 0 Å². The lowest BCUT2D eigenvalue weighted by Crippen LogP contribution is -2.21. The predicted molar refractivity (Wildman–Crippen MR) is 72.5 cm³/mol. The van der Waals surface area contributed by atoms with Gasteiger partial charge in [-0.2, -0.15) is 0 Å². The molecule has 0 amide bonds. The summed E-state index contributed by atoms with van der Waals surface area (Å²) in [7, 11) is 0. The lowest BCUT2D eigenvalue weighted by Gasteiger charge is -2.13. The first kappa shape index (κ1) is 12.5. The number of nitrogens with one attached hydrogen (secondary N) is 1. The zero-order valence-electron chi connectivity index (χ0n) is 11.0. The molecule has 5 nitrogen and oxygen atoms in total. The summed E-state index contributed by atoms with van der Waals surface area (Å²) >= 11 is 0. The molecule has 2 aromatic heterocycles. The van der Waals surface area contributed by atoms with Crippen LogP contribution in [0.25, 0.3) is 16.9 Å². The van der Waals surface area contributed by atoms with Gasteiger partial charge in [0.25, 0.3) is 0 Å². The van der Waals surface area contributed by atoms with Gasteiger partial charge in [-0.15, -0.1) is 0 Å². The third kappa shape index (κ3) is 1.96. The highest BCUT2D eigenvalue weighted by atomic mass is 16.1. The Labute approximate surface area is 106 Å². The first-order chi connectivity index (χ1) is 8.58. The Morgan fingerprint density at radius 3 is 2.72 bits per heavy atom. The fourth-order valence-corrected chi connectivity index (χ4v) is 2.09. The smallest absolute Gasteiger partial charge is 0.289 e. The Kier molecular flexibility index (Phi) is 3.32. The fraction of sp³-hybridized carbons (Fsp3) is 0.462. The molecule has 5 heteroatoms. The Bertz CT molecular complexity index is 634. The van der Waals surface area contributed by atoms with Crippen molar-refractivity contribution in [3.05, 3.63) is 29.0 Å². The molecule has 2 heterocycles. The third-order valence-corrected chi connectivity index (χ3v) is 3.17. The molecular formula is C13H18N4O. The van der Waals surface area contributed by atoms with E-state index < -0.39 is 0 Å². The Morgan fingerprint density at radius 1 is 1.50 bits per heavy atom. The minimum atomic E-state index is -0.141. The molecule has 0 spiro atoms. The largest absolute Gasteiger partial charge is 0.329 e. The molecule has 0 bridgehead atoms. The molecule has 96 valence electrons. The topological polar surface area (TPSA) is 63.6 Å². The number of nitrogens with zero attached hydrogens (tertiary/aromatic N) is 3. The van der Waals surface area contributed by atoms with Gasteiger partial charge in [-0.05, 0) is 25.3 Å². The van der Waals surface area contributed by atoms with Crippen molar-refractivity contribution in [1.82, 2.24) is 19.5 Å². The highest BCUT2D eigenvalue weighted by Gasteiger charge is 2.16. The van der Waals surface area contributed by atoms with Crippen LogP contribution in [-0.4, -0.2) is 19.5 Å². The van der Waals surface area contributed by atoms with E-state index in [4.69, 9.17) is 0 Å². The summed E-state index contributed by atoms with van der Waals surface area (Å²) in [4.78, 5) is 23.4. The van der Waals surface area contributed by atoms with E-state index in [1.165, 1.54) is 0 Å². The summed E-state index contributed by atoms with van der Waals surface area (Å²) in [5.74, 6) is 0. The van der Waals surface area contributed by atoms with Gasteiger partial charge in [-0.3, -0.25) is 9.55 Å². The summed E-state index contributed by atoms with van der Waals surface area (Å²) in [5.41, 5.74) is 2.58. The van der Waals surface area contributed by atoms with Crippen LogP contribution in [0.5, 0.6) is 0 Å². The number of allylic oxidation sites excluding steroid dienone is 1. The molecule has 0 saturated heterocycles. The Morgan fingerprint density at radius 2 is 2.17 bits per heavy atom. The van der Waals surface area contributed by atoms with Crippen LogP contribution in [-0.2, 0) is 0 Å². The SMILES string of the molecule is C=C(C)c1cnc2[nH]c(=O)n(C(CC)CC)c2n1. The number of hydrogen-bond acceptors (Lipinski definition) is 3. The van der Waals surface area contributed by atoms with E-state index >= 15 is 0 Å². The van der Waals surface area contributed by atoms with Gasteiger partial charge in [0.05, 0.1) is 11.9 Å². The van der Waals surface area contributed by atoms with Crippen molar-refractivity contribution in [3.63, 3.8) is 0 Å². The van der Waals surface area contributed by atoms with E-state index in [1.54, 1.807) is 10.8 Å². The summed E-state index contributed by atoms with van der Waals surface area (Å²) in [6.45, 7) is 9.86. The number of H-pyrrole nitrogens is 1. The summed E-state index contributed by atoms with van der Waals surface area (Å²) in [5, 5.41) is 0. The normalized spacial score (nSPS) is 11.3. The van der Waals surface area contributed by atoms with E-state index in [1.807, 2.05) is 6.92 Å². The second kappa shape index (κ2) is 4.76. The van der Waals surface area contributed by atoms with Gasteiger partial charge in [-0.25, -0.2) is 14.8 Å². The first-order valence-corrected chi connectivity index (χ1v) is 6.21. The molecule has 2 aromatic rings. The standard InChI is InChI=1S/C13H18N4O/c1-5-9(6-2)17-12-11(16-13(17)18)14-7-10(15-12)8(3)4/h7,9H,3,5-6H2,1-2,4H3,(H,14,16,18). The highest BCUT2D eigenvalue weighted by Crippen LogP contribution is 2.19. The third-order valence-electron chi connectivity index (χ3n) is 3.17. The van der Waals surface area contributed by atoms with E-state index in [0.717, 1.165) is 24.1 Å². The second-order valence-corrected chi connectivity index (χ2v) is 4.48. The quantitative estimate of drug-likeness (QED) is 0.901. The molecule has 0 fully saturated rings. The van der Waals surface area contributed by atoms with Crippen molar-refractivity contribution in [3.8, 4) is 0 Å². The first-order valence-electron chi connectivity index (χ1n) is 6.21. The van der Waals surface area contributed by atoms with E-state index in [-0.39, 0.29) is 11.7 Å². The van der Waals surface area contributed by atoms with Crippen LogP contribution in [0.2, 0.25) is 0 Å². The number of rotatable bonds is 4. The molecule has 0 aliphatic heterocycles. The maximum absolute atomic E-state index is 12.0. The minimum Gasteiger partial charge on any atom is -0.289 e. The van der Waals surface area contributed by atoms with Crippen molar-refractivity contribution in [1.29, 1.82) is 0 Å². The maximum Gasteiger partial charge on any atom is 0.329 e. The fourth-order valence-electron chi connectivity index (χ4n) is 2.09. The number of imidazole rings is 1. The zero-order valence-corrected chi connectivity index (χ0v) is 11.0. The molecule has 0 aliphatic carbocycles. The number of hydrogen-bond donors (Lipinski definition) is 1. The van der Waals surface area contributed by atoms with Crippen LogP contribution in [0.4, 0.5) is 0 Å². The lowest BCUT2D eigenvalue weighted by molar-refractivity contribution is 0.469. The van der Waals surface area contributed by atoms with Crippen LogP contribution in [0.15, 0.2) is 17.6 Å². The average molecular weight is 246 g/mol. The minimum absolute atomic E-state index is 0.141. The summed E-state index contributed by atoms with van der Waals surface area (Å²) in [6.07, 6.45) is 3.42. The maximum atomic E-state index is 12.0. The van der Waals surface area contributed by atoms with E-state index in [9.17, 15) is 4.79 Å². The van der Waals surface area contributed by atoms with Crippen molar-refractivity contribution < 1.29 is 0 Å². The van der Waals surface area contributed by atoms with Crippen molar-refractivity contribution >= 4 is 16.9 Å². The van der Waals surface area contributed by atoms with Crippen LogP contribution in [0.1, 0.15) is 45.3 Å². The van der Waals surface area contributed by atoms with E-state index in [2.05, 4.69) is 35.4 Å².